The second-order valence-corrected chi connectivity index (χ2v) is 3.88. The lowest BCUT2D eigenvalue weighted by atomic mass is 10.3. The minimum atomic E-state index is -0.691. The van der Waals surface area contributed by atoms with Gasteiger partial charge in [-0.05, 0) is 18.4 Å². The molecule has 0 spiro atoms. The van der Waals surface area contributed by atoms with Crippen molar-refractivity contribution in [3.63, 3.8) is 0 Å². The summed E-state index contributed by atoms with van der Waals surface area (Å²) in [5.74, 6) is 0. The molecule has 1 aromatic carbocycles. The van der Waals surface area contributed by atoms with Gasteiger partial charge in [0.1, 0.15) is 0 Å². The Morgan fingerprint density at radius 2 is 1.85 bits per heavy atom. The molecule has 0 unspecified atom stereocenters. The number of hydrogen-bond acceptors (Lipinski definition) is 4. The second kappa shape index (κ2) is 3.12. The molecular weight excluding hydrogens is 184 g/mol. The smallest absolute Gasteiger partial charge is 0.221 e. The SMILES string of the molecule is CSC1(CO)N=c2ccccc2=N1. The number of para-hydroxylation sites is 2. The molecule has 1 aliphatic heterocycles. The summed E-state index contributed by atoms with van der Waals surface area (Å²) in [5, 5.41) is 10.9. The van der Waals surface area contributed by atoms with Crippen LogP contribution in [0.4, 0.5) is 0 Å². The molecule has 1 heterocycles. The zero-order chi connectivity index (χ0) is 9.31. The van der Waals surface area contributed by atoms with E-state index in [1.165, 1.54) is 11.8 Å². The van der Waals surface area contributed by atoms with Crippen molar-refractivity contribution in [3.8, 4) is 0 Å². The van der Waals surface area contributed by atoms with Crippen molar-refractivity contribution in [1.82, 2.24) is 0 Å². The van der Waals surface area contributed by atoms with E-state index in [9.17, 15) is 5.11 Å². The first-order chi connectivity index (χ1) is 6.29. The van der Waals surface area contributed by atoms with Gasteiger partial charge in [0.25, 0.3) is 0 Å². The van der Waals surface area contributed by atoms with Crippen LogP contribution in [0.15, 0.2) is 34.3 Å². The zero-order valence-corrected chi connectivity index (χ0v) is 8.08. The molecule has 1 N–H and O–H groups in total. The van der Waals surface area contributed by atoms with Crippen molar-refractivity contribution >= 4 is 11.8 Å². The number of nitrogens with zero attached hydrogens (tertiary/aromatic N) is 2. The Labute approximate surface area is 80.2 Å². The highest BCUT2D eigenvalue weighted by atomic mass is 32.2. The highest BCUT2D eigenvalue weighted by molar-refractivity contribution is 7.99. The number of hydrogen-bond donors (Lipinski definition) is 1. The van der Waals surface area contributed by atoms with E-state index in [1.54, 1.807) is 0 Å². The van der Waals surface area contributed by atoms with E-state index < -0.39 is 4.99 Å². The van der Waals surface area contributed by atoms with Gasteiger partial charge in [0.2, 0.25) is 4.99 Å². The van der Waals surface area contributed by atoms with E-state index in [0.29, 0.717) is 0 Å². The lowest BCUT2D eigenvalue weighted by Crippen LogP contribution is -2.22. The Kier molecular flexibility index (Phi) is 2.09. The molecule has 13 heavy (non-hydrogen) atoms. The van der Waals surface area contributed by atoms with Gasteiger partial charge in [-0.2, -0.15) is 0 Å². The van der Waals surface area contributed by atoms with E-state index in [1.807, 2.05) is 30.5 Å². The first kappa shape index (κ1) is 8.72. The fourth-order valence-electron chi connectivity index (χ4n) is 1.28. The number of benzene rings is 1. The first-order valence-electron chi connectivity index (χ1n) is 4.00. The van der Waals surface area contributed by atoms with E-state index in [4.69, 9.17) is 0 Å². The molecule has 68 valence electrons. The van der Waals surface area contributed by atoms with Crippen LogP contribution in [-0.4, -0.2) is 23.0 Å². The third kappa shape index (κ3) is 1.36. The molecule has 1 aliphatic rings. The number of aliphatic hydroxyl groups is 1. The van der Waals surface area contributed by atoms with Crippen LogP contribution in [0, 0.1) is 0 Å². The molecule has 3 nitrogen and oxygen atoms in total. The van der Waals surface area contributed by atoms with E-state index >= 15 is 0 Å². The van der Waals surface area contributed by atoms with Crippen LogP contribution in [0.25, 0.3) is 0 Å². The van der Waals surface area contributed by atoms with E-state index in [-0.39, 0.29) is 6.61 Å². The minimum absolute atomic E-state index is 0.0527. The number of thioether (sulfide) groups is 1. The summed E-state index contributed by atoms with van der Waals surface area (Å²) < 4.78 is 0. The zero-order valence-electron chi connectivity index (χ0n) is 7.27. The van der Waals surface area contributed by atoms with Gasteiger partial charge in [0.05, 0.1) is 17.3 Å². The molecule has 0 radical (unpaired) electrons. The second-order valence-electron chi connectivity index (χ2n) is 2.82. The fourth-order valence-corrected chi connectivity index (χ4v) is 1.79. The first-order valence-corrected chi connectivity index (χ1v) is 5.23. The Morgan fingerprint density at radius 3 is 2.23 bits per heavy atom. The Morgan fingerprint density at radius 1 is 1.31 bits per heavy atom. The lowest BCUT2D eigenvalue weighted by Gasteiger charge is -2.16. The maximum absolute atomic E-state index is 9.18. The average molecular weight is 194 g/mol. The number of rotatable bonds is 2. The number of fused-ring (bicyclic) bond motifs is 1. The predicted octanol–water partition coefficient (Wildman–Crippen LogP) is -0.0515. The maximum atomic E-state index is 9.18. The summed E-state index contributed by atoms with van der Waals surface area (Å²) in [4.78, 5) is 8.04. The fraction of sp³-hybridized carbons (Fsp3) is 0.333. The monoisotopic (exact) mass is 194 g/mol. The van der Waals surface area contributed by atoms with Crippen molar-refractivity contribution in [1.29, 1.82) is 0 Å². The van der Waals surface area contributed by atoms with Crippen LogP contribution >= 0.6 is 11.8 Å². The largest absolute Gasteiger partial charge is 0.391 e. The quantitative estimate of drug-likeness (QED) is 0.717. The van der Waals surface area contributed by atoms with Gasteiger partial charge in [0, 0.05) is 0 Å². The van der Waals surface area contributed by atoms with Gasteiger partial charge >= 0.3 is 0 Å². The molecule has 4 heteroatoms. The molecule has 2 rings (SSSR count). The highest BCUT2D eigenvalue weighted by Gasteiger charge is 2.28. The summed E-state index contributed by atoms with van der Waals surface area (Å²) >= 11 is 1.45. The topological polar surface area (TPSA) is 45.0 Å². The van der Waals surface area contributed by atoms with Gasteiger partial charge in [-0.1, -0.05) is 12.1 Å². The molecular formula is C9H10N2OS. The highest BCUT2D eigenvalue weighted by Crippen LogP contribution is 2.25. The van der Waals surface area contributed by atoms with Crippen LogP contribution in [0.3, 0.4) is 0 Å². The maximum Gasteiger partial charge on any atom is 0.221 e. The molecule has 0 amide bonds. The number of aliphatic hydroxyl groups excluding tert-OH is 1. The van der Waals surface area contributed by atoms with Crippen molar-refractivity contribution in [2.75, 3.05) is 12.9 Å². The predicted molar refractivity (Wildman–Crippen MR) is 52.1 cm³/mol. The molecule has 0 saturated carbocycles. The van der Waals surface area contributed by atoms with Gasteiger partial charge < -0.3 is 5.11 Å². The van der Waals surface area contributed by atoms with Crippen molar-refractivity contribution in [2.45, 2.75) is 4.99 Å². The van der Waals surface area contributed by atoms with Crippen molar-refractivity contribution in [3.05, 3.63) is 35.0 Å². The van der Waals surface area contributed by atoms with Gasteiger partial charge in [-0.3, -0.25) is 0 Å². The lowest BCUT2D eigenvalue weighted by molar-refractivity contribution is 0.255. The van der Waals surface area contributed by atoms with E-state index in [2.05, 4.69) is 9.98 Å². The third-order valence-electron chi connectivity index (χ3n) is 2.00. The third-order valence-corrected chi connectivity index (χ3v) is 2.97. The molecule has 0 bridgehead atoms. The summed E-state index contributed by atoms with van der Waals surface area (Å²) in [5.41, 5.74) is 0. The summed E-state index contributed by atoms with van der Waals surface area (Å²) in [6.45, 7) is -0.0527. The Hall–Kier alpha value is -0.870. The van der Waals surface area contributed by atoms with Gasteiger partial charge in [-0.25, -0.2) is 9.98 Å². The van der Waals surface area contributed by atoms with Crippen LogP contribution in [0.1, 0.15) is 0 Å². The normalized spacial score (nSPS) is 17.4. The Bertz CT molecular complexity index is 388. The van der Waals surface area contributed by atoms with Gasteiger partial charge in [-0.15, -0.1) is 11.8 Å². The molecule has 1 aromatic rings. The standard InChI is InChI=1S/C9H10N2OS/c1-13-9(6-12)10-7-4-2-3-5-8(7)11-9/h2-5,12H,6H2,1H3. The summed E-state index contributed by atoms with van der Waals surface area (Å²) in [7, 11) is 0. The summed E-state index contributed by atoms with van der Waals surface area (Å²) in [6.07, 6.45) is 1.90. The molecule has 0 aliphatic carbocycles. The van der Waals surface area contributed by atoms with Crippen LogP contribution in [-0.2, 0) is 0 Å². The minimum Gasteiger partial charge on any atom is -0.391 e. The Balaban J connectivity index is 2.62. The van der Waals surface area contributed by atoms with Crippen molar-refractivity contribution in [2.24, 2.45) is 9.98 Å². The van der Waals surface area contributed by atoms with Crippen LogP contribution in [0.2, 0.25) is 0 Å². The van der Waals surface area contributed by atoms with E-state index in [0.717, 1.165) is 10.7 Å². The van der Waals surface area contributed by atoms with Crippen molar-refractivity contribution < 1.29 is 5.11 Å². The summed E-state index contributed by atoms with van der Waals surface area (Å²) in [6, 6.07) is 7.66. The average Bonchev–Trinajstić information content (AvgIpc) is 2.57. The molecule has 0 saturated heterocycles. The molecule has 0 aromatic heterocycles. The molecule has 0 atom stereocenters. The molecule has 0 fully saturated rings. The van der Waals surface area contributed by atoms with Crippen LogP contribution < -0.4 is 10.7 Å². The van der Waals surface area contributed by atoms with Crippen LogP contribution in [0.5, 0.6) is 0 Å². The van der Waals surface area contributed by atoms with Gasteiger partial charge in [0.15, 0.2) is 0 Å².